The molecule has 19 atom stereocenters. The van der Waals surface area contributed by atoms with Crippen molar-refractivity contribution in [1.29, 1.82) is 0 Å². The van der Waals surface area contributed by atoms with Gasteiger partial charge >= 0.3 is 5.97 Å². The van der Waals surface area contributed by atoms with Crippen LogP contribution in [0.25, 0.3) is 0 Å². The minimum Gasteiger partial charge on any atom is -0.459 e. The van der Waals surface area contributed by atoms with E-state index in [0.717, 1.165) is 10.5 Å². The van der Waals surface area contributed by atoms with E-state index in [0.29, 0.717) is 43.8 Å². The molecule has 1 aromatic carbocycles. The highest BCUT2D eigenvalue weighted by Crippen LogP contribution is 2.45. The Balaban J connectivity index is 1.42. The van der Waals surface area contributed by atoms with Crippen molar-refractivity contribution < 1.29 is 63.1 Å². The first-order valence-corrected chi connectivity index (χ1v) is 27.1. The van der Waals surface area contributed by atoms with Gasteiger partial charge in [0.15, 0.2) is 6.29 Å². The monoisotopic (exact) mass is 1040 g/mol. The summed E-state index contributed by atoms with van der Waals surface area (Å²) in [5, 5.41) is 65.8. The summed E-state index contributed by atoms with van der Waals surface area (Å²) in [6, 6.07) is 6.42. The molecule has 4 heterocycles. The molecule has 0 saturated carbocycles. The lowest BCUT2D eigenvalue weighted by Crippen LogP contribution is -2.61. The first-order chi connectivity index (χ1) is 33.8. The molecule has 5 rings (SSSR count). The summed E-state index contributed by atoms with van der Waals surface area (Å²) in [6.07, 6.45) is -2.87. The molecule has 1 aromatic heterocycles. The van der Waals surface area contributed by atoms with Crippen molar-refractivity contribution in [1.82, 2.24) is 24.8 Å². The minimum absolute atomic E-state index is 0.00154. The van der Waals surface area contributed by atoms with Gasteiger partial charge in [0.25, 0.3) is 0 Å². The molecular formula is C53H90FN5O12S. The molecular weight excluding hydrogens is 950 g/mol. The lowest BCUT2D eigenvalue weighted by Gasteiger charge is -2.51. The van der Waals surface area contributed by atoms with Crippen molar-refractivity contribution in [3.8, 4) is 0 Å². The number of methoxy groups -OCH3 is 2. The molecule has 72 heavy (non-hydrogen) atoms. The molecule has 3 fully saturated rings. The number of alkyl halides is 1. The number of ether oxygens (including phenoxy) is 6. The zero-order valence-corrected chi connectivity index (χ0v) is 46.3. The number of aliphatic hydroxyl groups is 5. The SMILES string of the molecule is CC[C@H]1OC(=O)[C@H](C)C([C@H]2C[C@@](C)(OC)[C@@H](O)[C@H](C)O2)[C@H](C)[C@@H](O[C@H]2C[C@@H](N(C)CCc3cn([C@H](CF)[C@H](OC)c4ccc(SCCO)cc4)nn3)C[C@@H](C)O2)[C@](C)(O)C[C@@H](C)CN(C)[C@H](C)C(O)[C@]1(C)O. The quantitative estimate of drug-likeness (QED) is 0.0994. The third kappa shape index (κ3) is 14.4. The second kappa shape index (κ2) is 26.1. The first-order valence-electron chi connectivity index (χ1n) is 26.1. The number of esters is 1. The van der Waals surface area contributed by atoms with Crippen molar-refractivity contribution in [2.24, 2.45) is 23.7 Å². The largest absolute Gasteiger partial charge is 0.459 e. The summed E-state index contributed by atoms with van der Waals surface area (Å²) >= 11 is 1.54. The summed E-state index contributed by atoms with van der Waals surface area (Å²) in [4.78, 5) is 19.8. The Bertz CT molecular complexity index is 1970. The first kappa shape index (κ1) is 60.5. The normalized spacial score (nSPS) is 39.0. The maximum Gasteiger partial charge on any atom is 0.309 e. The lowest BCUT2D eigenvalue weighted by molar-refractivity contribution is -0.275. The Morgan fingerprint density at radius 3 is 2.29 bits per heavy atom. The van der Waals surface area contributed by atoms with Crippen LogP contribution in [0.3, 0.4) is 0 Å². The number of halogens is 1. The Labute approximate surface area is 432 Å². The van der Waals surface area contributed by atoms with Gasteiger partial charge in [0.05, 0.1) is 53.8 Å². The Hall–Kier alpha value is -2.37. The number of carbonyl (C=O) groups excluding carboxylic acids is 1. The highest BCUT2D eigenvalue weighted by molar-refractivity contribution is 7.99. The summed E-state index contributed by atoms with van der Waals surface area (Å²) in [5.41, 5.74) is -2.82. The predicted octanol–water partition coefficient (Wildman–Crippen LogP) is 5.39. The van der Waals surface area contributed by atoms with Crippen molar-refractivity contribution >= 4 is 17.7 Å². The number of hydrogen-bond acceptors (Lipinski definition) is 17. The van der Waals surface area contributed by atoms with Crippen LogP contribution in [0.2, 0.25) is 0 Å². The average Bonchev–Trinajstić information content (AvgIpc) is 3.81. The third-order valence-corrected chi connectivity index (χ3v) is 17.3. The van der Waals surface area contributed by atoms with Gasteiger partial charge in [-0.15, -0.1) is 16.9 Å². The zero-order valence-electron chi connectivity index (χ0n) is 45.5. The molecule has 5 N–H and O–H groups in total. The number of hydrogen-bond donors (Lipinski definition) is 5. The molecule has 412 valence electrons. The molecule has 17 nitrogen and oxygen atoms in total. The number of likely N-dealkylation sites (N-methyl/N-ethyl adjacent to an activating group) is 2. The molecule has 19 heteroatoms. The minimum atomic E-state index is -1.80. The number of cyclic esters (lactones) is 1. The number of benzene rings is 1. The van der Waals surface area contributed by atoms with Crippen molar-refractivity contribution in [3.63, 3.8) is 0 Å². The smallest absolute Gasteiger partial charge is 0.309 e. The topological polar surface area (TPSA) is 211 Å². The van der Waals surface area contributed by atoms with E-state index in [4.69, 9.17) is 28.4 Å². The average molecular weight is 1040 g/mol. The molecule has 3 saturated heterocycles. The molecule has 3 aliphatic heterocycles. The predicted molar refractivity (Wildman–Crippen MR) is 273 cm³/mol. The van der Waals surface area contributed by atoms with Gasteiger partial charge in [0, 0.05) is 81.4 Å². The van der Waals surface area contributed by atoms with Gasteiger partial charge in [-0.3, -0.25) is 4.79 Å². The van der Waals surface area contributed by atoms with E-state index in [9.17, 15) is 34.7 Å². The number of rotatable bonds is 17. The zero-order chi connectivity index (χ0) is 53.5. The van der Waals surface area contributed by atoms with Crippen LogP contribution in [0, 0.1) is 23.7 Å². The molecule has 0 amide bonds. The molecule has 2 aromatic rings. The number of thioether (sulfide) groups is 1. The Kier molecular flexibility index (Phi) is 21.9. The van der Waals surface area contributed by atoms with Crippen LogP contribution in [0.15, 0.2) is 35.4 Å². The highest BCUT2D eigenvalue weighted by atomic mass is 32.2. The van der Waals surface area contributed by atoms with Crippen LogP contribution in [-0.2, 0) is 39.6 Å². The number of carbonyl (C=O) groups is 1. The van der Waals surface area contributed by atoms with Gasteiger partial charge in [0.1, 0.15) is 42.7 Å². The van der Waals surface area contributed by atoms with E-state index in [1.165, 1.54) is 18.7 Å². The van der Waals surface area contributed by atoms with Crippen LogP contribution < -0.4 is 0 Å². The molecule has 0 bridgehead atoms. The molecule has 2 unspecified atom stereocenters. The van der Waals surface area contributed by atoms with E-state index in [1.54, 1.807) is 52.8 Å². The molecule has 0 radical (unpaired) electrons. The fourth-order valence-corrected chi connectivity index (χ4v) is 12.6. The van der Waals surface area contributed by atoms with Crippen LogP contribution in [0.4, 0.5) is 4.39 Å². The van der Waals surface area contributed by atoms with Gasteiger partial charge in [-0.2, -0.15) is 0 Å². The van der Waals surface area contributed by atoms with Gasteiger partial charge in [-0.1, -0.05) is 45.0 Å². The third-order valence-electron chi connectivity index (χ3n) is 16.3. The maximum atomic E-state index is 14.8. The second-order valence-electron chi connectivity index (χ2n) is 22.1. The lowest BCUT2D eigenvalue weighted by atomic mass is 9.68. The van der Waals surface area contributed by atoms with E-state index in [1.807, 2.05) is 77.9 Å². The molecule has 0 aliphatic carbocycles. The highest BCUT2D eigenvalue weighted by Gasteiger charge is 2.54. The summed E-state index contributed by atoms with van der Waals surface area (Å²) in [7, 11) is 7.02. The van der Waals surface area contributed by atoms with Crippen molar-refractivity contribution in [2.75, 3.05) is 60.4 Å². The second-order valence-corrected chi connectivity index (χ2v) is 23.3. The summed E-state index contributed by atoms with van der Waals surface area (Å²) in [6.45, 7) is 18.7. The summed E-state index contributed by atoms with van der Waals surface area (Å²) in [5.74, 6) is -2.27. The van der Waals surface area contributed by atoms with Gasteiger partial charge in [-0.05, 0) is 104 Å². The fraction of sp³-hybridized carbons (Fsp3) is 0.830. The van der Waals surface area contributed by atoms with Crippen molar-refractivity contribution in [3.05, 3.63) is 41.7 Å². The standard InChI is InChI=1S/C53H90FN5O12S/c1-15-43-53(10,65)47(61)35(6)58(12)29-31(2)26-51(8,64)49(33(4)45(34(5)50(63)70-43)42-27-52(9,67-14)48(62)36(7)69-42)71-44-25-39(24-32(3)68-44)57(11)21-20-38-30-59(56-55-38)41(28-54)46(66-13)37-16-18-40(19-17-37)72-23-22-60/h16-19,30-36,39,41-49,60-62,64-65H,15,20-29H2,1-14H3/t31-,32-,33+,34-,35-,36+,39+,41-,42-,43-,44+,45?,46-,47?,48+,49-,51-,52-,53-/m1/s1. The van der Waals surface area contributed by atoms with Crippen LogP contribution in [0.1, 0.15) is 125 Å². The van der Waals surface area contributed by atoms with Gasteiger partial charge in [0.2, 0.25) is 0 Å². The van der Waals surface area contributed by atoms with E-state index in [2.05, 4.69) is 15.2 Å². The maximum absolute atomic E-state index is 14.8. The number of nitrogens with zero attached hydrogens (tertiary/aromatic N) is 5. The van der Waals surface area contributed by atoms with E-state index in [-0.39, 0.29) is 43.9 Å². The molecule has 0 spiro atoms. The van der Waals surface area contributed by atoms with Crippen LogP contribution >= 0.6 is 11.8 Å². The summed E-state index contributed by atoms with van der Waals surface area (Å²) < 4.78 is 54.7. The molecule has 3 aliphatic rings. The van der Waals surface area contributed by atoms with Crippen LogP contribution in [-0.4, -0.2) is 195 Å². The number of aliphatic hydroxyl groups excluding tert-OH is 3. The fourth-order valence-electron chi connectivity index (χ4n) is 12.0. The Morgan fingerprint density at radius 2 is 1.68 bits per heavy atom. The van der Waals surface area contributed by atoms with E-state index >= 15 is 0 Å². The number of aromatic nitrogens is 3. The van der Waals surface area contributed by atoms with Crippen LogP contribution in [0.5, 0.6) is 0 Å². The van der Waals surface area contributed by atoms with Gasteiger partial charge in [-0.25, -0.2) is 9.07 Å². The van der Waals surface area contributed by atoms with Gasteiger partial charge < -0.3 is 63.8 Å². The van der Waals surface area contributed by atoms with Crippen molar-refractivity contribution in [2.45, 2.75) is 203 Å². The Morgan fingerprint density at radius 1 is 1.00 bits per heavy atom. The van der Waals surface area contributed by atoms with E-state index < -0.39 is 108 Å².